The van der Waals surface area contributed by atoms with Gasteiger partial charge in [-0.05, 0) is 36.8 Å². The molecular formula is C17H26N4. The summed E-state index contributed by atoms with van der Waals surface area (Å²) in [6, 6.07) is 8.76. The Kier molecular flexibility index (Phi) is 5.37. The molecule has 2 aromatic rings. The van der Waals surface area contributed by atoms with E-state index in [9.17, 15) is 0 Å². The van der Waals surface area contributed by atoms with E-state index >= 15 is 0 Å². The van der Waals surface area contributed by atoms with Crippen molar-refractivity contribution in [3.63, 3.8) is 0 Å². The normalized spacial score (nSPS) is 11.6. The first-order chi connectivity index (χ1) is 10.1. The number of nitrogens with one attached hydrogen (secondary N) is 1. The summed E-state index contributed by atoms with van der Waals surface area (Å²) < 4.78 is 1.81. The van der Waals surface area contributed by atoms with Crippen molar-refractivity contribution < 1.29 is 0 Å². The standard InChI is InChI=1S/C17H26N4/c1-13(2)11-15(12-14(3)4)19-16-7-5-6-8-17(16)21-10-9-18-20-21/h5-10,13-15,19H,11-12H2,1-4H3. The fourth-order valence-electron chi connectivity index (χ4n) is 2.70. The summed E-state index contributed by atoms with van der Waals surface area (Å²) in [6.45, 7) is 9.10. The number of rotatable bonds is 7. The van der Waals surface area contributed by atoms with Crippen molar-refractivity contribution in [2.45, 2.75) is 46.6 Å². The third-order valence-corrected chi connectivity index (χ3v) is 3.44. The van der Waals surface area contributed by atoms with Gasteiger partial charge in [0.25, 0.3) is 0 Å². The Hall–Kier alpha value is -1.84. The van der Waals surface area contributed by atoms with Crippen LogP contribution < -0.4 is 5.32 Å². The molecule has 0 saturated heterocycles. The summed E-state index contributed by atoms with van der Waals surface area (Å²) in [4.78, 5) is 0. The third-order valence-electron chi connectivity index (χ3n) is 3.44. The lowest BCUT2D eigenvalue weighted by Crippen LogP contribution is -2.24. The molecule has 0 aliphatic heterocycles. The van der Waals surface area contributed by atoms with Gasteiger partial charge in [0.1, 0.15) is 0 Å². The first-order valence-corrected chi connectivity index (χ1v) is 7.78. The maximum absolute atomic E-state index is 4.10. The minimum atomic E-state index is 0.481. The number of benzene rings is 1. The van der Waals surface area contributed by atoms with Gasteiger partial charge in [-0.25, -0.2) is 4.68 Å². The van der Waals surface area contributed by atoms with Gasteiger partial charge in [-0.15, -0.1) is 5.10 Å². The molecule has 0 amide bonds. The number of nitrogens with zero attached hydrogens (tertiary/aromatic N) is 3. The van der Waals surface area contributed by atoms with Crippen LogP contribution in [0.5, 0.6) is 0 Å². The smallest absolute Gasteiger partial charge is 0.0894 e. The Labute approximate surface area is 127 Å². The fraction of sp³-hybridized carbons (Fsp3) is 0.529. The monoisotopic (exact) mass is 286 g/mol. The number of anilines is 1. The zero-order chi connectivity index (χ0) is 15.2. The molecule has 0 aliphatic rings. The summed E-state index contributed by atoms with van der Waals surface area (Å²) >= 11 is 0. The van der Waals surface area contributed by atoms with Crippen molar-refractivity contribution >= 4 is 5.69 Å². The average molecular weight is 286 g/mol. The van der Waals surface area contributed by atoms with Crippen LogP contribution in [0.2, 0.25) is 0 Å². The summed E-state index contributed by atoms with van der Waals surface area (Å²) in [5.41, 5.74) is 2.17. The SMILES string of the molecule is CC(C)CC(CC(C)C)Nc1ccccc1-n1ccnn1. The maximum Gasteiger partial charge on any atom is 0.0894 e. The Balaban J connectivity index is 2.20. The van der Waals surface area contributed by atoms with Gasteiger partial charge in [-0.3, -0.25) is 0 Å². The van der Waals surface area contributed by atoms with Gasteiger partial charge in [0, 0.05) is 6.04 Å². The lowest BCUT2D eigenvalue weighted by molar-refractivity contribution is 0.442. The van der Waals surface area contributed by atoms with Gasteiger partial charge in [0.2, 0.25) is 0 Å². The van der Waals surface area contributed by atoms with Crippen LogP contribution in [0.3, 0.4) is 0 Å². The summed E-state index contributed by atoms with van der Waals surface area (Å²) in [5, 5.41) is 11.7. The molecule has 1 N–H and O–H groups in total. The second-order valence-corrected chi connectivity index (χ2v) is 6.47. The predicted octanol–water partition coefficient (Wildman–Crippen LogP) is 4.14. The van der Waals surface area contributed by atoms with Crippen molar-refractivity contribution in [1.82, 2.24) is 15.0 Å². The topological polar surface area (TPSA) is 42.7 Å². The van der Waals surface area contributed by atoms with Crippen LogP contribution >= 0.6 is 0 Å². The summed E-state index contributed by atoms with van der Waals surface area (Å²) in [5.74, 6) is 1.36. The minimum Gasteiger partial charge on any atom is -0.381 e. The van der Waals surface area contributed by atoms with Gasteiger partial charge in [0.15, 0.2) is 0 Å². The van der Waals surface area contributed by atoms with Gasteiger partial charge >= 0.3 is 0 Å². The predicted molar refractivity (Wildman–Crippen MR) is 87.7 cm³/mol. The first kappa shape index (κ1) is 15.5. The molecule has 0 radical (unpaired) electrons. The average Bonchev–Trinajstić information content (AvgIpc) is 2.91. The number of hydrogen-bond acceptors (Lipinski definition) is 3. The molecule has 0 spiro atoms. The van der Waals surface area contributed by atoms with Gasteiger partial charge in [0.05, 0.1) is 23.8 Å². The molecular weight excluding hydrogens is 260 g/mol. The molecule has 0 fully saturated rings. The lowest BCUT2D eigenvalue weighted by atomic mass is 9.95. The van der Waals surface area contributed by atoms with Crippen LogP contribution in [-0.4, -0.2) is 21.0 Å². The zero-order valence-electron chi connectivity index (χ0n) is 13.5. The van der Waals surface area contributed by atoms with Crippen molar-refractivity contribution in [3.8, 4) is 5.69 Å². The highest BCUT2D eigenvalue weighted by Gasteiger charge is 2.15. The highest BCUT2D eigenvalue weighted by Crippen LogP contribution is 2.23. The van der Waals surface area contributed by atoms with E-state index < -0.39 is 0 Å². The van der Waals surface area contributed by atoms with Crippen molar-refractivity contribution in [2.75, 3.05) is 5.32 Å². The molecule has 114 valence electrons. The van der Waals surface area contributed by atoms with E-state index in [0.717, 1.165) is 11.4 Å². The largest absolute Gasteiger partial charge is 0.381 e. The van der Waals surface area contributed by atoms with Gasteiger partial charge in [-0.2, -0.15) is 0 Å². The van der Waals surface area contributed by atoms with E-state index in [2.05, 4.69) is 61.5 Å². The van der Waals surface area contributed by atoms with E-state index in [1.165, 1.54) is 12.8 Å². The van der Waals surface area contributed by atoms with Crippen molar-refractivity contribution in [2.24, 2.45) is 11.8 Å². The molecule has 0 bridgehead atoms. The molecule has 4 nitrogen and oxygen atoms in total. The number of hydrogen-bond donors (Lipinski definition) is 1. The quantitative estimate of drug-likeness (QED) is 0.832. The summed E-state index contributed by atoms with van der Waals surface area (Å²) in [7, 11) is 0. The van der Waals surface area contributed by atoms with Crippen molar-refractivity contribution in [3.05, 3.63) is 36.7 Å². The van der Waals surface area contributed by atoms with Crippen molar-refractivity contribution in [1.29, 1.82) is 0 Å². The molecule has 0 saturated carbocycles. The Morgan fingerprint density at radius 1 is 1.05 bits per heavy atom. The zero-order valence-corrected chi connectivity index (χ0v) is 13.5. The lowest BCUT2D eigenvalue weighted by Gasteiger charge is -2.24. The minimum absolute atomic E-state index is 0.481. The molecule has 0 aliphatic carbocycles. The second-order valence-electron chi connectivity index (χ2n) is 6.47. The molecule has 1 heterocycles. The molecule has 1 aromatic carbocycles. The van der Waals surface area contributed by atoms with Crippen LogP contribution in [0.1, 0.15) is 40.5 Å². The Bertz CT molecular complexity index is 521. The van der Waals surface area contributed by atoms with E-state index in [4.69, 9.17) is 0 Å². The van der Waals surface area contributed by atoms with Gasteiger partial charge < -0.3 is 5.32 Å². The highest BCUT2D eigenvalue weighted by atomic mass is 15.4. The maximum atomic E-state index is 4.10. The van der Waals surface area contributed by atoms with Crippen LogP contribution in [-0.2, 0) is 0 Å². The molecule has 0 atom stereocenters. The molecule has 2 rings (SSSR count). The van der Waals surface area contributed by atoms with Crippen LogP contribution in [0.4, 0.5) is 5.69 Å². The third kappa shape index (κ3) is 4.59. The fourth-order valence-corrected chi connectivity index (χ4v) is 2.70. The molecule has 21 heavy (non-hydrogen) atoms. The van der Waals surface area contributed by atoms with E-state index in [1.54, 1.807) is 6.20 Å². The number of para-hydroxylation sites is 2. The van der Waals surface area contributed by atoms with Crippen LogP contribution in [0, 0.1) is 11.8 Å². The highest BCUT2D eigenvalue weighted by molar-refractivity contribution is 5.60. The van der Waals surface area contributed by atoms with Crippen LogP contribution in [0.15, 0.2) is 36.7 Å². The van der Waals surface area contributed by atoms with Crippen LogP contribution in [0.25, 0.3) is 5.69 Å². The first-order valence-electron chi connectivity index (χ1n) is 7.78. The summed E-state index contributed by atoms with van der Waals surface area (Å²) in [6.07, 6.45) is 5.92. The Morgan fingerprint density at radius 2 is 1.71 bits per heavy atom. The second kappa shape index (κ2) is 7.25. The van der Waals surface area contributed by atoms with E-state index in [1.807, 2.05) is 16.9 Å². The van der Waals surface area contributed by atoms with E-state index in [-0.39, 0.29) is 0 Å². The Morgan fingerprint density at radius 3 is 2.29 bits per heavy atom. The van der Waals surface area contributed by atoms with Gasteiger partial charge in [-0.1, -0.05) is 45.0 Å². The molecule has 1 aromatic heterocycles. The molecule has 0 unspecified atom stereocenters. The van der Waals surface area contributed by atoms with E-state index in [0.29, 0.717) is 17.9 Å². The molecule has 4 heteroatoms. The number of aromatic nitrogens is 3.